The van der Waals surface area contributed by atoms with Gasteiger partial charge in [0.1, 0.15) is 5.82 Å². The first-order chi connectivity index (χ1) is 18.4. The molecular formula is C30H27ClN4O3. The van der Waals surface area contributed by atoms with E-state index in [0.29, 0.717) is 28.7 Å². The molecule has 5 rings (SSSR count). The lowest BCUT2D eigenvalue weighted by Gasteiger charge is -2.16. The summed E-state index contributed by atoms with van der Waals surface area (Å²) in [6.07, 6.45) is 3.21. The molecule has 0 atom stereocenters. The summed E-state index contributed by atoms with van der Waals surface area (Å²) in [5, 5.41) is 4.45. The van der Waals surface area contributed by atoms with E-state index in [1.165, 1.54) is 0 Å². The lowest BCUT2D eigenvalue weighted by Crippen LogP contribution is -2.28. The average molecular weight is 527 g/mol. The molecule has 0 spiro atoms. The lowest BCUT2D eigenvalue weighted by molar-refractivity contribution is 0.388. The monoisotopic (exact) mass is 526 g/mol. The Morgan fingerprint density at radius 3 is 2.32 bits per heavy atom. The number of aromatic amines is 1. The van der Waals surface area contributed by atoms with E-state index in [4.69, 9.17) is 21.1 Å². The van der Waals surface area contributed by atoms with Gasteiger partial charge in [0, 0.05) is 22.6 Å². The van der Waals surface area contributed by atoms with Gasteiger partial charge in [0.05, 0.1) is 11.4 Å². The molecule has 5 aromatic rings. The minimum absolute atomic E-state index is 0.0599. The third kappa shape index (κ3) is 5.24. The van der Waals surface area contributed by atoms with Gasteiger partial charge >= 0.3 is 5.76 Å². The van der Waals surface area contributed by atoms with Crippen LogP contribution >= 0.6 is 11.6 Å². The van der Waals surface area contributed by atoms with Crippen LogP contribution in [-0.4, -0.2) is 19.7 Å². The van der Waals surface area contributed by atoms with Crippen LogP contribution in [0.4, 0.5) is 0 Å². The molecule has 1 N–H and O–H groups in total. The van der Waals surface area contributed by atoms with Crippen molar-refractivity contribution < 1.29 is 4.52 Å². The summed E-state index contributed by atoms with van der Waals surface area (Å²) in [5.74, 6) is 0.439. The number of nitrogens with zero attached hydrogens (tertiary/aromatic N) is 3. The summed E-state index contributed by atoms with van der Waals surface area (Å²) < 4.78 is 6.35. The molecule has 0 saturated carbocycles. The van der Waals surface area contributed by atoms with Crippen LogP contribution in [0, 0.1) is 6.92 Å². The van der Waals surface area contributed by atoms with Gasteiger partial charge in [-0.25, -0.2) is 9.78 Å². The first-order valence-corrected chi connectivity index (χ1v) is 12.9. The van der Waals surface area contributed by atoms with Gasteiger partial charge in [0.15, 0.2) is 5.82 Å². The van der Waals surface area contributed by atoms with Gasteiger partial charge in [-0.1, -0.05) is 78.6 Å². The van der Waals surface area contributed by atoms with Crippen molar-refractivity contribution in [2.24, 2.45) is 0 Å². The maximum Gasteiger partial charge on any atom is 0.439 e. The van der Waals surface area contributed by atoms with Gasteiger partial charge in [0.25, 0.3) is 5.56 Å². The van der Waals surface area contributed by atoms with Crippen LogP contribution in [0.15, 0.2) is 86.9 Å². The largest absolute Gasteiger partial charge is 0.439 e. The summed E-state index contributed by atoms with van der Waals surface area (Å²) in [5.41, 5.74) is 5.87. The van der Waals surface area contributed by atoms with E-state index in [-0.39, 0.29) is 5.56 Å². The fourth-order valence-electron chi connectivity index (χ4n) is 4.63. The van der Waals surface area contributed by atoms with Crippen molar-refractivity contribution >= 4 is 11.6 Å². The zero-order valence-electron chi connectivity index (χ0n) is 21.2. The molecule has 0 unspecified atom stereocenters. The predicted molar refractivity (Wildman–Crippen MR) is 149 cm³/mol. The zero-order chi connectivity index (χ0) is 26.6. The average Bonchev–Trinajstić information content (AvgIpc) is 3.37. The fraction of sp³-hybridized carbons (Fsp3) is 0.200. The number of aromatic nitrogens is 4. The molecule has 0 aliphatic carbocycles. The Morgan fingerprint density at radius 1 is 0.947 bits per heavy atom. The summed E-state index contributed by atoms with van der Waals surface area (Å²) in [4.78, 5) is 32.8. The highest BCUT2D eigenvalue weighted by Gasteiger charge is 2.17. The molecule has 0 saturated heterocycles. The molecule has 7 nitrogen and oxygen atoms in total. The number of unbranched alkanes of at least 4 members (excludes halogenated alkanes) is 1. The Kier molecular flexibility index (Phi) is 7.38. The van der Waals surface area contributed by atoms with Crippen LogP contribution in [0.2, 0.25) is 5.02 Å². The van der Waals surface area contributed by atoms with E-state index < -0.39 is 5.76 Å². The van der Waals surface area contributed by atoms with E-state index in [2.05, 4.69) is 17.1 Å². The van der Waals surface area contributed by atoms with Gasteiger partial charge in [-0.05, 0) is 60.7 Å². The number of hydrogen-bond acceptors (Lipinski definition) is 5. The molecule has 0 fully saturated rings. The number of H-pyrrole nitrogens is 1. The predicted octanol–water partition coefficient (Wildman–Crippen LogP) is 6.14. The molecule has 3 aromatic carbocycles. The molecule has 2 heterocycles. The fourth-order valence-corrected chi connectivity index (χ4v) is 4.76. The van der Waals surface area contributed by atoms with Crippen molar-refractivity contribution in [3.05, 3.63) is 121 Å². The third-order valence-corrected chi connectivity index (χ3v) is 6.80. The molecule has 2 aromatic heterocycles. The molecule has 0 amide bonds. The second-order valence-corrected chi connectivity index (χ2v) is 9.60. The van der Waals surface area contributed by atoms with E-state index in [0.717, 1.165) is 52.9 Å². The number of hydrogen-bond donors (Lipinski definition) is 1. The van der Waals surface area contributed by atoms with Gasteiger partial charge in [-0.2, -0.15) is 0 Å². The molecule has 0 bridgehead atoms. The molecule has 38 heavy (non-hydrogen) atoms. The Hall–Kier alpha value is -4.23. The Bertz CT molecular complexity index is 1680. The summed E-state index contributed by atoms with van der Waals surface area (Å²) in [7, 11) is 0. The standard InChI is InChI=1S/C30H27ClN4O3/c1-3-4-9-27-26(29(36)35(19(2)32-27)23-16-14-22(31)15-17-23)18-20-10-12-21(13-11-20)24-7-5-6-8-25(24)28-33-30(37)38-34-28/h5-8,10-17H,3-4,9,18H2,1-2H3,(H,33,34,37). The Morgan fingerprint density at radius 2 is 1.66 bits per heavy atom. The maximum absolute atomic E-state index is 13.8. The van der Waals surface area contributed by atoms with Crippen LogP contribution < -0.4 is 11.3 Å². The number of rotatable bonds is 8. The second kappa shape index (κ2) is 11.0. The van der Waals surface area contributed by atoms with Gasteiger partial charge in [-0.15, -0.1) is 0 Å². The molecular weight excluding hydrogens is 500 g/mol. The van der Waals surface area contributed by atoms with Gasteiger partial charge in [-0.3, -0.25) is 18.9 Å². The van der Waals surface area contributed by atoms with Gasteiger partial charge < -0.3 is 0 Å². The topological polar surface area (TPSA) is 93.8 Å². The van der Waals surface area contributed by atoms with Crippen molar-refractivity contribution in [3.8, 4) is 28.2 Å². The Labute approximate surface area is 224 Å². The van der Waals surface area contributed by atoms with Crippen molar-refractivity contribution in [1.29, 1.82) is 0 Å². The summed E-state index contributed by atoms with van der Waals surface area (Å²) >= 11 is 6.08. The van der Waals surface area contributed by atoms with E-state index in [1.807, 2.05) is 67.6 Å². The van der Waals surface area contributed by atoms with Crippen molar-refractivity contribution in [2.75, 3.05) is 0 Å². The molecule has 8 heteroatoms. The van der Waals surface area contributed by atoms with Crippen LogP contribution in [0.3, 0.4) is 0 Å². The first kappa shape index (κ1) is 25.4. The van der Waals surface area contributed by atoms with Crippen LogP contribution in [0.5, 0.6) is 0 Å². The first-order valence-electron chi connectivity index (χ1n) is 12.6. The summed E-state index contributed by atoms with van der Waals surface area (Å²) in [6, 6.07) is 23.0. The highest BCUT2D eigenvalue weighted by molar-refractivity contribution is 6.30. The Balaban J connectivity index is 1.51. The van der Waals surface area contributed by atoms with Crippen LogP contribution in [-0.2, 0) is 12.8 Å². The van der Waals surface area contributed by atoms with Crippen molar-refractivity contribution in [1.82, 2.24) is 19.7 Å². The van der Waals surface area contributed by atoms with E-state index >= 15 is 0 Å². The molecule has 0 aliphatic rings. The van der Waals surface area contributed by atoms with Crippen LogP contribution in [0.25, 0.3) is 28.2 Å². The number of nitrogens with one attached hydrogen (secondary N) is 1. The highest BCUT2D eigenvalue weighted by atomic mass is 35.5. The smallest absolute Gasteiger partial charge is 0.296 e. The minimum atomic E-state index is -0.597. The number of halogens is 1. The SMILES string of the molecule is CCCCc1nc(C)n(-c2ccc(Cl)cc2)c(=O)c1Cc1ccc(-c2ccccc2-c2noc(=O)[nH]2)cc1. The second-order valence-electron chi connectivity index (χ2n) is 9.17. The van der Waals surface area contributed by atoms with E-state index in [9.17, 15) is 9.59 Å². The van der Waals surface area contributed by atoms with Crippen molar-refractivity contribution in [3.63, 3.8) is 0 Å². The molecule has 0 radical (unpaired) electrons. The zero-order valence-corrected chi connectivity index (χ0v) is 22.0. The lowest BCUT2D eigenvalue weighted by atomic mass is 9.96. The quantitative estimate of drug-likeness (QED) is 0.262. The van der Waals surface area contributed by atoms with Crippen molar-refractivity contribution in [2.45, 2.75) is 39.5 Å². The molecule has 0 aliphatic heterocycles. The number of benzene rings is 3. The van der Waals surface area contributed by atoms with Crippen LogP contribution in [0.1, 0.15) is 42.4 Å². The third-order valence-electron chi connectivity index (χ3n) is 6.55. The molecule has 192 valence electrons. The summed E-state index contributed by atoms with van der Waals surface area (Å²) in [6.45, 7) is 4.00. The number of aryl methyl sites for hydroxylation is 2. The van der Waals surface area contributed by atoms with Gasteiger partial charge in [0.2, 0.25) is 0 Å². The normalized spacial score (nSPS) is 11.1. The maximum atomic E-state index is 13.8. The van der Waals surface area contributed by atoms with E-state index in [1.54, 1.807) is 16.7 Å². The highest BCUT2D eigenvalue weighted by Crippen LogP contribution is 2.30. The minimum Gasteiger partial charge on any atom is -0.296 e.